The van der Waals surface area contributed by atoms with Gasteiger partial charge in [0.1, 0.15) is 0 Å². The van der Waals surface area contributed by atoms with Crippen LogP contribution in [-0.2, 0) is 27.6 Å². The fourth-order valence-corrected chi connectivity index (χ4v) is 7.05. The maximum absolute atomic E-state index is 12.6. The van der Waals surface area contributed by atoms with E-state index in [0.717, 1.165) is 50.0 Å². The van der Waals surface area contributed by atoms with E-state index in [1.165, 1.54) is 4.88 Å². The molecule has 2 aromatic rings. The molecule has 34 heavy (non-hydrogen) atoms. The molecular weight excluding hydrogens is 470 g/mol. The van der Waals surface area contributed by atoms with E-state index in [1.807, 2.05) is 0 Å². The molecule has 4 rings (SSSR count). The number of carbonyl (C=O) groups is 1. The van der Waals surface area contributed by atoms with Gasteiger partial charge in [-0.2, -0.15) is 0 Å². The molecule has 1 amide bonds. The molecule has 0 saturated heterocycles. The molecular formula is C25H35N3O4S2. The Balaban J connectivity index is 1.37. The molecule has 2 N–H and O–H groups in total. The summed E-state index contributed by atoms with van der Waals surface area (Å²) in [5.74, 6) is 0.938. The standard InChI is InChI=1S/C25H35N3O4S2/c1-4-34(31,32)20-11-7-17(8-12-20)13-22(30)26-25-27-23-21(33-25)15-28(24(23)16(2)3)14-18-5-9-19(29)10-6-18/h7-8,11-12,16,18-19,24,29H,4-6,9-10,13-15H2,1-3H3,(H,26,27,30). The zero-order valence-electron chi connectivity index (χ0n) is 20.2. The first-order chi connectivity index (χ1) is 16.2. The second-order valence-corrected chi connectivity index (χ2v) is 13.3. The van der Waals surface area contributed by atoms with Crippen molar-refractivity contribution in [2.45, 2.75) is 76.5 Å². The van der Waals surface area contributed by atoms with Gasteiger partial charge in [0.15, 0.2) is 15.0 Å². The molecule has 1 aromatic carbocycles. The van der Waals surface area contributed by atoms with Crippen molar-refractivity contribution in [1.82, 2.24) is 9.88 Å². The van der Waals surface area contributed by atoms with Crippen molar-refractivity contribution in [3.05, 3.63) is 40.4 Å². The van der Waals surface area contributed by atoms with Crippen LogP contribution in [0.2, 0.25) is 0 Å². The Bertz CT molecular complexity index is 1100. The molecule has 0 radical (unpaired) electrons. The van der Waals surface area contributed by atoms with Crippen molar-refractivity contribution in [3.8, 4) is 0 Å². The number of nitrogens with zero attached hydrogens (tertiary/aromatic N) is 2. The highest BCUT2D eigenvalue weighted by molar-refractivity contribution is 7.91. The number of aliphatic hydroxyl groups excluding tert-OH is 1. The molecule has 7 nitrogen and oxygen atoms in total. The molecule has 2 aliphatic rings. The Hall–Kier alpha value is -1.81. The SMILES string of the molecule is CCS(=O)(=O)c1ccc(CC(=O)Nc2nc3c(s2)CN(CC2CCC(O)CC2)C3C(C)C)cc1. The van der Waals surface area contributed by atoms with Crippen LogP contribution in [0.5, 0.6) is 0 Å². The number of rotatable bonds is 8. The van der Waals surface area contributed by atoms with E-state index >= 15 is 0 Å². The van der Waals surface area contributed by atoms with E-state index in [1.54, 1.807) is 42.5 Å². The van der Waals surface area contributed by atoms with Crippen LogP contribution in [0.25, 0.3) is 0 Å². The average Bonchev–Trinajstić information content (AvgIpc) is 3.31. The largest absolute Gasteiger partial charge is 0.393 e. The Labute approximate surface area is 206 Å². The van der Waals surface area contributed by atoms with Crippen molar-refractivity contribution in [1.29, 1.82) is 0 Å². The minimum absolute atomic E-state index is 0.0557. The lowest BCUT2D eigenvalue weighted by atomic mass is 9.86. The van der Waals surface area contributed by atoms with E-state index in [-0.39, 0.29) is 35.1 Å². The van der Waals surface area contributed by atoms with Crippen LogP contribution >= 0.6 is 11.3 Å². The second-order valence-electron chi connectivity index (χ2n) is 9.89. The predicted molar refractivity (Wildman–Crippen MR) is 135 cm³/mol. The number of aromatic nitrogens is 1. The van der Waals surface area contributed by atoms with Crippen molar-refractivity contribution in [2.75, 3.05) is 17.6 Å². The van der Waals surface area contributed by atoms with Crippen LogP contribution in [0.15, 0.2) is 29.2 Å². The van der Waals surface area contributed by atoms with E-state index in [0.29, 0.717) is 17.0 Å². The zero-order chi connectivity index (χ0) is 24.5. The maximum atomic E-state index is 12.6. The summed E-state index contributed by atoms with van der Waals surface area (Å²) in [5.41, 5.74) is 1.85. The van der Waals surface area contributed by atoms with Gasteiger partial charge in [0.05, 0.1) is 34.9 Å². The molecule has 1 aliphatic carbocycles. The van der Waals surface area contributed by atoms with Gasteiger partial charge in [-0.25, -0.2) is 13.4 Å². The highest BCUT2D eigenvalue weighted by Crippen LogP contribution is 2.43. The molecule has 2 heterocycles. The number of carbonyl (C=O) groups excluding carboxylic acids is 1. The van der Waals surface area contributed by atoms with Crippen LogP contribution in [-0.4, -0.2) is 47.7 Å². The Morgan fingerprint density at radius 1 is 1.21 bits per heavy atom. The molecule has 1 unspecified atom stereocenters. The maximum Gasteiger partial charge on any atom is 0.230 e. The van der Waals surface area contributed by atoms with Gasteiger partial charge in [-0.15, -0.1) is 11.3 Å². The third kappa shape index (κ3) is 5.70. The highest BCUT2D eigenvalue weighted by atomic mass is 32.2. The number of sulfone groups is 1. The summed E-state index contributed by atoms with van der Waals surface area (Å²) >= 11 is 1.55. The van der Waals surface area contributed by atoms with Gasteiger partial charge in [-0.3, -0.25) is 9.69 Å². The first-order valence-corrected chi connectivity index (χ1v) is 14.7. The summed E-state index contributed by atoms with van der Waals surface area (Å²) in [6, 6.07) is 6.77. The monoisotopic (exact) mass is 505 g/mol. The van der Waals surface area contributed by atoms with Gasteiger partial charge < -0.3 is 10.4 Å². The predicted octanol–water partition coefficient (Wildman–Crippen LogP) is 4.18. The van der Waals surface area contributed by atoms with Crippen LogP contribution in [0.3, 0.4) is 0 Å². The van der Waals surface area contributed by atoms with E-state index in [9.17, 15) is 18.3 Å². The number of thiazole rings is 1. The van der Waals surface area contributed by atoms with Crippen LogP contribution < -0.4 is 5.32 Å². The molecule has 186 valence electrons. The summed E-state index contributed by atoms with van der Waals surface area (Å²) < 4.78 is 23.9. The summed E-state index contributed by atoms with van der Waals surface area (Å²) in [6.07, 6.45) is 4.00. The van der Waals surface area contributed by atoms with Crippen LogP contribution in [0, 0.1) is 11.8 Å². The smallest absolute Gasteiger partial charge is 0.230 e. The number of fused-ring (bicyclic) bond motifs is 1. The first kappa shape index (κ1) is 25.3. The lowest BCUT2D eigenvalue weighted by Gasteiger charge is -2.33. The fraction of sp³-hybridized carbons (Fsp3) is 0.600. The van der Waals surface area contributed by atoms with Gasteiger partial charge in [0.2, 0.25) is 5.91 Å². The topological polar surface area (TPSA) is 99.6 Å². The molecule has 1 aromatic heterocycles. The number of amides is 1. The quantitative estimate of drug-likeness (QED) is 0.558. The number of hydrogen-bond acceptors (Lipinski definition) is 7. The summed E-state index contributed by atoms with van der Waals surface area (Å²) in [6.45, 7) is 7.95. The van der Waals surface area contributed by atoms with E-state index in [4.69, 9.17) is 4.98 Å². The van der Waals surface area contributed by atoms with E-state index < -0.39 is 9.84 Å². The third-order valence-electron chi connectivity index (χ3n) is 6.96. The molecule has 0 spiro atoms. The average molecular weight is 506 g/mol. The Morgan fingerprint density at radius 2 is 1.88 bits per heavy atom. The number of anilines is 1. The van der Waals surface area contributed by atoms with Gasteiger partial charge in [0, 0.05) is 18.0 Å². The van der Waals surface area contributed by atoms with Crippen molar-refractivity contribution < 1.29 is 18.3 Å². The van der Waals surface area contributed by atoms with Gasteiger partial charge in [-0.05, 0) is 55.2 Å². The zero-order valence-corrected chi connectivity index (χ0v) is 21.8. The van der Waals surface area contributed by atoms with Crippen LogP contribution in [0.4, 0.5) is 5.13 Å². The lowest BCUT2D eigenvalue weighted by Crippen LogP contribution is -2.33. The number of benzene rings is 1. The molecule has 1 fully saturated rings. The fourth-order valence-electron chi connectivity index (χ4n) is 5.12. The summed E-state index contributed by atoms with van der Waals surface area (Å²) in [7, 11) is -3.24. The summed E-state index contributed by atoms with van der Waals surface area (Å²) in [4.78, 5) is 21.5. The van der Waals surface area contributed by atoms with Crippen molar-refractivity contribution >= 4 is 32.2 Å². The van der Waals surface area contributed by atoms with Gasteiger partial charge in [0.25, 0.3) is 0 Å². The van der Waals surface area contributed by atoms with Gasteiger partial charge >= 0.3 is 0 Å². The summed E-state index contributed by atoms with van der Waals surface area (Å²) in [5, 5.41) is 13.4. The molecule has 1 aliphatic heterocycles. The Morgan fingerprint density at radius 3 is 2.50 bits per heavy atom. The lowest BCUT2D eigenvalue weighted by molar-refractivity contribution is -0.115. The van der Waals surface area contributed by atoms with Gasteiger partial charge in [-0.1, -0.05) is 32.9 Å². The Kier molecular flexibility index (Phi) is 7.76. The highest BCUT2D eigenvalue weighted by Gasteiger charge is 2.37. The number of aliphatic hydroxyl groups is 1. The second kappa shape index (κ2) is 10.4. The van der Waals surface area contributed by atoms with Crippen molar-refractivity contribution in [3.63, 3.8) is 0 Å². The van der Waals surface area contributed by atoms with E-state index in [2.05, 4.69) is 24.1 Å². The minimum atomic E-state index is -3.24. The molecule has 0 bridgehead atoms. The minimum Gasteiger partial charge on any atom is -0.393 e. The third-order valence-corrected chi connectivity index (χ3v) is 9.68. The van der Waals surface area contributed by atoms with Crippen molar-refractivity contribution in [2.24, 2.45) is 11.8 Å². The first-order valence-electron chi connectivity index (χ1n) is 12.2. The molecule has 9 heteroatoms. The van der Waals surface area contributed by atoms with Crippen LogP contribution in [0.1, 0.15) is 68.6 Å². The molecule has 1 saturated carbocycles. The normalized spacial score (nSPS) is 23.3. The number of nitrogens with one attached hydrogen (secondary N) is 1. The number of hydrogen-bond donors (Lipinski definition) is 2. The molecule has 1 atom stereocenters.